The van der Waals surface area contributed by atoms with Crippen molar-refractivity contribution in [1.29, 1.82) is 5.26 Å². The highest BCUT2D eigenvalue weighted by Crippen LogP contribution is 2.44. The molecule has 0 amide bonds. The van der Waals surface area contributed by atoms with Gasteiger partial charge in [-0.25, -0.2) is 18.6 Å². The Morgan fingerprint density at radius 3 is 2.72 bits per heavy atom. The Morgan fingerprint density at radius 1 is 1.31 bits per heavy atom. The van der Waals surface area contributed by atoms with Gasteiger partial charge in [0, 0.05) is 22.6 Å². The number of thiazole rings is 1. The van der Waals surface area contributed by atoms with Gasteiger partial charge in [-0.05, 0) is 29.2 Å². The van der Waals surface area contributed by atoms with Crippen LogP contribution in [0, 0.1) is 23.0 Å². The molecular weight excluding hydrogens is 512 g/mol. The molecule has 0 aliphatic rings. The van der Waals surface area contributed by atoms with Crippen LogP contribution in [0.4, 0.5) is 13.6 Å². The number of carbonyl (C=O) groups excluding carboxylic acids is 1. The second-order valence-corrected chi connectivity index (χ2v) is 8.86. The van der Waals surface area contributed by atoms with Crippen molar-refractivity contribution in [1.82, 2.24) is 15.1 Å². The normalized spacial score (nSPS) is 13.4. The minimum atomic E-state index is -1.74. The lowest BCUT2D eigenvalue weighted by Gasteiger charge is -2.36. The summed E-state index contributed by atoms with van der Waals surface area (Å²) in [5, 5.41) is 14.2. The smallest absolute Gasteiger partial charge is 0.418 e. The molecule has 0 saturated carbocycles. The van der Waals surface area contributed by atoms with E-state index in [1.54, 1.807) is 36.6 Å². The number of alkyl halides is 1. The van der Waals surface area contributed by atoms with Gasteiger partial charge < -0.3 is 9.47 Å². The summed E-state index contributed by atoms with van der Waals surface area (Å²) in [6, 6.07) is 11.5. The average molecular weight is 531 g/mol. The number of rotatable bonds is 8. The van der Waals surface area contributed by atoms with E-state index in [1.807, 2.05) is 0 Å². The number of aromatic amines is 1. The van der Waals surface area contributed by atoms with Gasteiger partial charge in [0.05, 0.1) is 23.2 Å². The number of nitriles is 1. The van der Waals surface area contributed by atoms with E-state index >= 15 is 4.39 Å². The van der Waals surface area contributed by atoms with Crippen molar-refractivity contribution in [2.45, 2.75) is 25.0 Å². The predicted octanol–water partition coefficient (Wildman–Crippen LogP) is 5.02. The zero-order valence-electron chi connectivity index (χ0n) is 18.8. The summed E-state index contributed by atoms with van der Waals surface area (Å²) in [7, 11) is 0. The van der Waals surface area contributed by atoms with Gasteiger partial charge in [0.2, 0.25) is 6.33 Å². The molecule has 0 spiro atoms. The van der Waals surface area contributed by atoms with Crippen LogP contribution in [-0.2, 0) is 21.6 Å². The molecule has 0 saturated heterocycles. The van der Waals surface area contributed by atoms with Crippen LogP contribution in [0.2, 0.25) is 0 Å². The van der Waals surface area contributed by atoms with Gasteiger partial charge >= 0.3 is 12.5 Å². The summed E-state index contributed by atoms with van der Waals surface area (Å²) in [6.07, 6.45) is 1.70. The summed E-state index contributed by atoms with van der Waals surface area (Å²) in [6.45, 7) is 1.59. The molecule has 36 heavy (non-hydrogen) atoms. The molecular formula is C24H19ClF2N5O3S+. The van der Waals surface area contributed by atoms with Gasteiger partial charge in [-0.1, -0.05) is 30.7 Å². The van der Waals surface area contributed by atoms with Crippen molar-refractivity contribution in [2.24, 2.45) is 0 Å². The van der Waals surface area contributed by atoms with Crippen LogP contribution in [-0.4, -0.2) is 27.3 Å². The Labute approximate surface area is 213 Å². The third kappa shape index (κ3) is 5.19. The van der Waals surface area contributed by atoms with E-state index in [0.717, 1.165) is 11.6 Å². The number of aromatic nitrogens is 4. The molecule has 2 atom stereocenters. The highest BCUT2D eigenvalue weighted by Gasteiger charge is 2.49. The van der Waals surface area contributed by atoms with Crippen LogP contribution in [0.3, 0.4) is 0 Å². The van der Waals surface area contributed by atoms with Gasteiger partial charge in [-0.15, -0.1) is 11.3 Å². The topological polar surface area (TPSA) is 105 Å². The van der Waals surface area contributed by atoms with E-state index < -0.39 is 35.4 Å². The first kappa shape index (κ1) is 25.2. The zero-order chi connectivity index (χ0) is 25.7. The van der Waals surface area contributed by atoms with Crippen LogP contribution < -0.4 is 4.68 Å². The van der Waals surface area contributed by atoms with Crippen molar-refractivity contribution in [3.8, 4) is 17.3 Å². The third-order valence-electron chi connectivity index (χ3n) is 5.64. The van der Waals surface area contributed by atoms with Crippen LogP contribution in [0.5, 0.6) is 0 Å². The molecule has 12 heteroatoms. The van der Waals surface area contributed by atoms with E-state index in [0.29, 0.717) is 22.3 Å². The SMILES string of the molecule is CC(c1nc(-c2ccc(C#N)cc2)cs1)C(C[n+]1cnc[nH]1)(OC(=O)OCCl)c1ccc(F)cc1F. The van der Waals surface area contributed by atoms with Gasteiger partial charge in [-0.3, -0.25) is 0 Å². The number of nitrogens with zero attached hydrogens (tertiary/aromatic N) is 4. The Balaban J connectivity index is 1.83. The molecule has 184 valence electrons. The van der Waals surface area contributed by atoms with E-state index in [2.05, 4.69) is 16.2 Å². The minimum absolute atomic E-state index is 0.0832. The molecule has 0 fully saturated rings. The third-order valence-corrected chi connectivity index (χ3v) is 6.77. The molecule has 0 bridgehead atoms. The maximum atomic E-state index is 15.3. The van der Waals surface area contributed by atoms with Crippen LogP contribution in [0.25, 0.3) is 11.3 Å². The van der Waals surface area contributed by atoms with Crippen molar-refractivity contribution in [3.05, 3.63) is 88.3 Å². The van der Waals surface area contributed by atoms with E-state index in [4.69, 9.17) is 31.3 Å². The fourth-order valence-electron chi connectivity index (χ4n) is 3.81. The number of ether oxygens (including phenoxy) is 2. The van der Waals surface area contributed by atoms with Crippen LogP contribution in [0.1, 0.15) is 29.0 Å². The standard InChI is InChI=1S/C24H18ClF2N5O3S/c1-15(22-31-21(10-36-22)17-4-2-16(9-28)3-5-17)24(35-23(33)34-12-25,11-32-14-29-13-30-32)19-7-6-18(26)8-20(19)27/h2-8,10,13-15H,11-12H2,1H3/p+1. The summed E-state index contributed by atoms with van der Waals surface area (Å²) >= 11 is 6.84. The lowest BCUT2D eigenvalue weighted by molar-refractivity contribution is -0.764. The first-order chi connectivity index (χ1) is 17.4. The molecule has 2 aromatic heterocycles. The van der Waals surface area contributed by atoms with E-state index in [9.17, 15) is 9.18 Å². The van der Waals surface area contributed by atoms with Crippen LogP contribution >= 0.6 is 22.9 Å². The number of benzene rings is 2. The maximum Gasteiger partial charge on any atom is 0.510 e. The first-order valence-electron chi connectivity index (χ1n) is 10.6. The molecule has 2 unspecified atom stereocenters. The van der Waals surface area contributed by atoms with Crippen LogP contribution in [0.15, 0.2) is 60.5 Å². The molecule has 0 aliphatic carbocycles. The zero-order valence-corrected chi connectivity index (χ0v) is 20.4. The number of H-pyrrole nitrogens is 1. The van der Waals surface area contributed by atoms with Gasteiger partial charge in [0.1, 0.15) is 16.6 Å². The van der Waals surface area contributed by atoms with Crippen molar-refractivity contribution >= 4 is 29.1 Å². The Bertz CT molecular complexity index is 1390. The maximum absolute atomic E-state index is 15.3. The summed E-state index contributed by atoms with van der Waals surface area (Å²) < 4.78 is 41.2. The molecule has 2 heterocycles. The Morgan fingerprint density at radius 2 is 2.08 bits per heavy atom. The van der Waals surface area contributed by atoms with Crippen molar-refractivity contribution in [2.75, 3.05) is 6.07 Å². The van der Waals surface area contributed by atoms with Crippen molar-refractivity contribution < 1.29 is 27.7 Å². The molecule has 4 aromatic rings. The molecule has 1 N–H and O–H groups in total. The number of hydrogen-bond acceptors (Lipinski definition) is 7. The number of nitrogens with one attached hydrogen (secondary N) is 1. The largest absolute Gasteiger partial charge is 0.510 e. The first-order valence-corrected chi connectivity index (χ1v) is 12.0. The molecule has 2 aromatic carbocycles. The number of hydrogen-bond donors (Lipinski definition) is 1. The Kier molecular flexibility index (Phi) is 7.57. The molecule has 4 rings (SSSR count). The molecule has 0 aliphatic heterocycles. The molecule has 0 radical (unpaired) electrons. The fourth-order valence-corrected chi connectivity index (χ4v) is 4.87. The fraction of sp³-hybridized carbons (Fsp3) is 0.208. The highest BCUT2D eigenvalue weighted by molar-refractivity contribution is 7.10. The average Bonchev–Trinajstić information content (AvgIpc) is 3.56. The summed E-state index contributed by atoms with van der Waals surface area (Å²) in [5.41, 5.74) is 0.0825. The molecule has 8 nitrogen and oxygen atoms in total. The number of carbonyl (C=O) groups is 1. The van der Waals surface area contributed by atoms with Gasteiger partial charge in [-0.2, -0.15) is 15.0 Å². The minimum Gasteiger partial charge on any atom is -0.418 e. The lowest BCUT2D eigenvalue weighted by atomic mass is 9.81. The van der Waals surface area contributed by atoms with Gasteiger partial charge in [0.25, 0.3) is 0 Å². The Hall–Kier alpha value is -3.88. The van der Waals surface area contributed by atoms with E-state index in [-0.39, 0.29) is 12.1 Å². The number of halogens is 3. The summed E-state index contributed by atoms with van der Waals surface area (Å²) in [4.78, 5) is 21.2. The summed E-state index contributed by atoms with van der Waals surface area (Å²) in [5.74, 6) is -2.44. The van der Waals surface area contributed by atoms with Gasteiger partial charge in [0.15, 0.2) is 18.2 Å². The quantitative estimate of drug-likeness (QED) is 0.195. The second kappa shape index (κ2) is 10.8. The predicted molar refractivity (Wildman–Crippen MR) is 126 cm³/mol. The van der Waals surface area contributed by atoms with Crippen molar-refractivity contribution in [3.63, 3.8) is 0 Å². The second-order valence-electron chi connectivity index (χ2n) is 7.75. The monoisotopic (exact) mass is 530 g/mol. The lowest BCUT2D eigenvalue weighted by Crippen LogP contribution is -2.52. The van der Waals surface area contributed by atoms with E-state index in [1.165, 1.54) is 34.7 Å². The highest BCUT2D eigenvalue weighted by atomic mass is 35.5.